The minimum atomic E-state index is -0.906. The Balaban J connectivity index is 1.93. The monoisotopic (exact) mass is 341 g/mol. The molecule has 0 bridgehead atoms. The summed E-state index contributed by atoms with van der Waals surface area (Å²) < 4.78 is 10.3. The highest BCUT2D eigenvalue weighted by atomic mass is 35.5. The summed E-state index contributed by atoms with van der Waals surface area (Å²) >= 11 is 6.10. The Morgan fingerprint density at radius 2 is 2.09 bits per heavy atom. The van der Waals surface area contributed by atoms with Crippen LogP contribution in [0.25, 0.3) is 0 Å². The molecule has 0 radical (unpaired) electrons. The van der Waals surface area contributed by atoms with Gasteiger partial charge in [0.1, 0.15) is 12.4 Å². The van der Waals surface area contributed by atoms with Gasteiger partial charge in [0, 0.05) is 19.2 Å². The van der Waals surface area contributed by atoms with Crippen molar-refractivity contribution in [3.8, 4) is 5.75 Å². The molecule has 1 fully saturated rings. The Bertz CT molecular complexity index is 586. The molecule has 1 aliphatic carbocycles. The van der Waals surface area contributed by atoms with E-state index in [1.807, 2.05) is 0 Å². The lowest BCUT2D eigenvalue weighted by Gasteiger charge is -2.36. The molecule has 23 heavy (non-hydrogen) atoms. The van der Waals surface area contributed by atoms with Gasteiger partial charge in [0.2, 0.25) is 5.91 Å². The van der Waals surface area contributed by atoms with Crippen molar-refractivity contribution >= 4 is 29.2 Å². The fraction of sp³-hybridized carbons (Fsp3) is 0.500. The summed E-state index contributed by atoms with van der Waals surface area (Å²) in [5, 5.41) is 12.3. The fourth-order valence-corrected chi connectivity index (χ4v) is 2.75. The number of benzene rings is 1. The number of hydrogen-bond acceptors (Lipinski definition) is 4. The number of halogens is 1. The molecular weight excluding hydrogens is 322 g/mol. The largest absolute Gasteiger partial charge is 0.490 e. The molecule has 0 aliphatic heterocycles. The van der Waals surface area contributed by atoms with E-state index in [1.54, 1.807) is 25.3 Å². The quantitative estimate of drug-likeness (QED) is 0.710. The third-order valence-electron chi connectivity index (χ3n) is 4.02. The molecule has 0 saturated heterocycles. The summed E-state index contributed by atoms with van der Waals surface area (Å²) in [6.07, 6.45) is 1.91. The molecule has 1 aromatic carbocycles. The SMILES string of the molecule is COCCOc1ccc(NC(=O)CC2(C(=O)O)CCC2)cc1Cl. The van der Waals surface area contributed by atoms with Crippen LogP contribution in [-0.4, -0.2) is 37.3 Å². The number of carboxylic acid groups (broad SMARTS) is 1. The number of carboxylic acids is 1. The Labute approximate surface area is 139 Å². The number of rotatable bonds is 8. The molecule has 6 nitrogen and oxygen atoms in total. The molecule has 2 rings (SSSR count). The van der Waals surface area contributed by atoms with Gasteiger partial charge >= 0.3 is 5.97 Å². The maximum absolute atomic E-state index is 12.1. The van der Waals surface area contributed by atoms with Crippen molar-refractivity contribution in [3.63, 3.8) is 0 Å². The summed E-state index contributed by atoms with van der Waals surface area (Å²) in [5.74, 6) is -0.724. The molecule has 0 spiro atoms. The second-order valence-electron chi connectivity index (χ2n) is 5.65. The number of hydrogen-bond donors (Lipinski definition) is 2. The number of ether oxygens (including phenoxy) is 2. The van der Waals surface area contributed by atoms with E-state index in [2.05, 4.69) is 5.32 Å². The minimum Gasteiger partial charge on any atom is -0.490 e. The van der Waals surface area contributed by atoms with Gasteiger partial charge in [0.05, 0.1) is 17.0 Å². The third-order valence-corrected chi connectivity index (χ3v) is 4.32. The topological polar surface area (TPSA) is 84.9 Å². The average molecular weight is 342 g/mol. The van der Waals surface area contributed by atoms with E-state index in [-0.39, 0.29) is 12.3 Å². The zero-order chi connectivity index (χ0) is 16.9. The van der Waals surface area contributed by atoms with Crippen molar-refractivity contribution < 1.29 is 24.2 Å². The molecular formula is C16H20ClNO5. The Morgan fingerprint density at radius 1 is 1.35 bits per heavy atom. The zero-order valence-corrected chi connectivity index (χ0v) is 13.7. The van der Waals surface area contributed by atoms with Crippen LogP contribution in [0.3, 0.4) is 0 Å². The smallest absolute Gasteiger partial charge is 0.310 e. The summed E-state index contributed by atoms with van der Waals surface area (Å²) in [6.45, 7) is 0.829. The van der Waals surface area contributed by atoms with E-state index in [0.29, 0.717) is 42.5 Å². The number of nitrogens with one attached hydrogen (secondary N) is 1. The highest BCUT2D eigenvalue weighted by Gasteiger charge is 2.45. The maximum atomic E-state index is 12.1. The standard InChI is InChI=1S/C16H20ClNO5/c1-22-7-8-23-13-4-3-11(9-12(13)17)18-14(19)10-16(15(20)21)5-2-6-16/h3-4,9H,2,5-8,10H2,1H3,(H,18,19)(H,20,21). The summed E-state index contributed by atoms with van der Waals surface area (Å²) in [6, 6.07) is 4.90. The van der Waals surface area contributed by atoms with Crippen molar-refractivity contribution in [1.82, 2.24) is 0 Å². The summed E-state index contributed by atoms with van der Waals surface area (Å²) in [4.78, 5) is 23.4. The molecule has 2 N–H and O–H groups in total. The van der Waals surface area contributed by atoms with Gasteiger partial charge in [-0.15, -0.1) is 0 Å². The first-order chi connectivity index (χ1) is 11.0. The molecule has 7 heteroatoms. The lowest BCUT2D eigenvalue weighted by molar-refractivity contribution is -0.157. The average Bonchev–Trinajstić information content (AvgIpc) is 2.45. The molecule has 126 valence electrons. The van der Waals surface area contributed by atoms with Gasteiger partial charge in [-0.3, -0.25) is 9.59 Å². The van der Waals surface area contributed by atoms with Crippen LogP contribution in [0.4, 0.5) is 5.69 Å². The van der Waals surface area contributed by atoms with Crippen LogP contribution >= 0.6 is 11.6 Å². The van der Waals surface area contributed by atoms with Gasteiger partial charge in [0.25, 0.3) is 0 Å². The van der Waals surface area contributed by atoms with E-state index in [0.717, 1.165) is 6.42 Å². The normalized spacial score (nSPS) is 15.6. The molecule has 0 heterocycles. The second kappa shape index (κ2) is 7.66. The van der Waals surface area contributed by atoms with Crippen LogP contribution in [0.15, 0.2) is 18.2 Å². The Hall–Kier alpha value is -1.79. The molecule has 0 aromatic heterocycles. The van der Waals surface area contributed by atoms with Crippen molar-refractivity contribution in [3.05, 3.63) is 23.2 Å². The van der Waals surface area contributed by atoms with Gasteiger partial charge in [-0.05, 0) is 31.0 Å². The predicted octanol–water partition coefficient (Wildman–Crippen LogP) is 2.95. The van der Waals surface area contributed by atoms with Crippen molar-refractivity contribution in [2.45, 2.75) is 25.7 Å². The summed E-state index contributed by atoms with van der Waals surface area (Å²) in [7, 11) is 1.58. The maximum Gasteiger partial charge on any atom is 0.310 e. The molecule has 1 saturated carbocycles. The number of methoxy groups -OCH3 is 1. The molecule has 1 aromatic rings. The minimum absolute atomic E-state index is 0.0218. The van der Waals surface area contributed by atoms with E-state index in [9.17, 15) is 14.7 Å². The Kier molecular flexibility index (Phi) is 5.85. The number of carbonyl (C=O) groups excluding carboxylic acids is 1. The fourth-order valence-electron chi connectivity index (χ4n) is 2.51. The first kappa shape index (κ1) is 17.6. The second-order valence-corrected chi connectivity index (χ2v) is 6.06. The van der Waals surface area contributed by atoms with Gasteiger partial charge < -0.3 is 19.9 Å². The first-order valence-corrected chi connectivity index (χ1v) is 7.79. The molecule has 1 amide bonds. The van der Waals surface area contributed by atoms with Crippen LogP contribution in [0.1, 0.15) is 25.7 Å². The van der Waals surface area contributed by atoms with Gasteiger partial charge in [-0.1, -0.05) is 18.0 Å². The van der Waals surface area contributed by atoms with Crippen molar-refractivity contribution in [2.24, 2.45) is 5.41 Å². The Morgan fingerprint density at radius 3 is 2.61 bits per heavy atom. The van der Waals surface area contributed by atoms with Gasteiger partial charge in [-0.2, -0.15) is 0 Å². The highest BCUT2D eigenvalue weighted by Crippen LogP contribution is 2.44. The number of carbonyl (C=O) groups is 2. The van der Waals surface area contributed by atoms with Crippen LogP contribution in [0.5, 0.6) is 5.75 Å². The van der Waals surface area contributed by atoms with E-state index < -0.39 is 11.4 Å². The summed E-state index contributed by atoms with van der Waals surface area (Å²) in [5.41, 5.74) is -0.393. The predicted molar refractivity (Wildman–Crippen MR) is 86.0 cm³/mol. The first-order valence-electron chi connectivity index (χ1n) is 7.41. The van der Waals surface area contributed by atoms with Crippen molar-refractivity contribution in [1.29, 1.82) is 0 Å². The molecule has 0 unspecified atom stereocenters. The molecule has 0 atom stereocenters. The van der Waals surface area contributed by atoms with E-state index >= 15 is 0 Å². The van der Waals surface area contributed by atoms with Crippen LogP contribution in [0.2, 0.25) is 5.02 Å². The van der Waals surface area contributed by atoms with Gasteiger partial charge in [0.15, 0.2) is 0 Å². The van der Waals surface area contributed by atoms with E-state index in [1.165, 1.54) is 0 Å². The number of aliphatic carboxylic acids is 1. The van der Waals surface area contributed by atoms with Crippen LogP contribution in [0, 0.1) is 5.41 Å². The van der Waals surface area contributed by atoms with Crippen LogP contribution in [-0.2, 0) is 14.3 Å². The lowest BCUT2D eigenvalue weighted by Crippen LogP contribution is -2.41. The molecule has 1 aliphatic rings. The number of anilines is 1. The van der Waals surface area contributed by atoms with Crippen molar-refractivity contribution in [2.75, 3.05) is 25.6 Å². The lowest BCUT2D eigenvalue weighted by atomic mass is 9.66. The zero-order valence-electron chi connectivity index (χ0n) is 12.9. The van der Waals surface area contributed by atoms with Crippen LogP contribution < -0.4 is 10.1 Å². The third kappa shape index (κ3) is 4.36. The highest BCUT2D eigenvalue weighted by molar-refractivity contribution is 6.32. The van der Waals surface area contributed by atoms with Gasteiger partial charge in [-0.25, -0.2) is 0 Å². The van der Waals surface area contributed by atoms with E-state index in [4.69, 9.17) is 21.1 Å². The number of amides is 1.